The molecular formula is C19H11F3N-. The highest BCUT2D eigenvalue weighted by molar-refractivity contribution is 5.76. The monoisotopic (exact) mass is 310 g/mol. The Bertz CT molecular complexity index is 895. The summed E-state index contributed by atoms with van der Waals surface area (Å²) in [6.07, 6.45) is 0.997. The molecule has 114 valence electrons. The van der Waals surface area contributed by atoms with Crippen molar-refractivity contribution in [2.45, 2.75) is 12.8 Å². The smallest absolute Gasteiger partial charge is 0.222 e. The van der Waals surface area contributed by atoms with E-state index in [9.17, 15) is 13.2 Å². The number of nitrogens with zero attached hydrogens (tertiary/aromatic N) is 1. The fourth-order valence-corrected chi connectivity index (χ4v) is 3.01. The first-order chi connectivity index (χ1) is 11.1. The molecule has 4 rings (SSSR count). The molecule has 0 amide bonds. The maximum Gasteiger partial charge on any atom is 0.252 e. The van der Waals surface area contributed by atoms with Gasteiger partial charge in [0.15, 0.2) is 5.82 Å². The summed E-state index contributed by atoms with van der Waals surface area (Å²) in [5.74, 6) is -4.17. The number of rotatable bonds is 2. The largest absolute Gasteiger partial charge is 0.252 e. The summed E-state index contributed by atoms with van der Waals surface area (Å²) >= 11 is 0. The van der Waals surface area contributed by atoms with E-state index in [1.165, 1.54) is 11.1 Å². The van der Waals surface area contributed by atoms with Crippen LogP contribution >= 0.6 is 0 Å². The predicted molar refractivity (Wildman–Crippen MR) is 80.4 cm³/mol. The molecule has 0 N–H and O–H groups in total. The van der Waals surface area contributed by atoms with Crippen LogP contribution in [-0.4, -0.2) is 4.98 Å². The first-order valence-corrected chi connectivity index (χ1v) is 7.24. The van der Waals surface area contributed by atoms with Crippen molar-refractivity contribution in [2.75, 3.05) is 0 Å². The lowest BCUT2D eigenvalue weighted by atomic mass is 10.0. The first-order valence-electron chi connectivity index (χ1n) is 7.24. The molecule has 0 unspecified atom stereocenters. The van der Waals surface area contributed by atoms with Crippen molar-refractivity contribution in [2.24, 2.45) is 0 Å². The van der Waals surface area contributed by atoms with Crippen LogP contribution in [0.1, 0.15) is 22.4 Å². The van der Waals surface area contributed by atoms with Crippen LogP contribution in [0, 0.1) is 23.6 Å². The fraction of sp³-hybridized carbons (Fsp3) is 0.105. The van der Waals surface area contributed by atoms with Gasteiger partial charge in [-0.25, -0.2) is 9.37 Å². The lowest BCUT2D eigenvalue weighted by Gasteiger charge is -2.14. The summed E-state index contributed by atoms with van der Waals surface area (Å²) in [6, 6.07) is 16.2. The molecule has 23 heavy (non-hydrogen) atoms. The average Bonchev–Trinajstić information content (AvgIpc) is 2.90. The van der Waals surface area contributed by atoms with Gasteiger partial charge in [-0.05, 0) is 18.9 Å². The van der Waals surface area contributed by atoms with E-state index in [0.29, 0.717) is 0 Å². The molecule has 0 radical (unpaired) electrons. The summed E-state index contributed by atoms with van der Waals surface area (Å²) < 4.78 is 39.4. The van der Waals surface area contributed by atoms with Crippen molar-refractivity contribution >= 4 is 0 Å². The van der Waals surface area contributed by atoms with Crippen LogP contribution < -0.4 is 0 Å². The van der Waals surface area contributed by atoms with Gasteiger partial charge in [-0.2, -0.15) is 32.5 Å². The van der Waals surface area contributed by atoms with Crippen LogP contribution in [0.2, 0.25) is 0 Å². The van der Waals surface area contributed by atoms with E-state index in [-0.39, 0.29) is 12.1 Å². The number of fused-ring (bicyclic) bond motifs is 3. The molecule has 1 nitrogen and oxygen atoms in total. The molecule has 0 spiro atoms. The number of benzene rings is 2. The van der Waals surface area contributed by atoms with E-state index in [1.807, 2.05) is 24.3 Å². The summed E-state index contributed by atoms with van der Waals surface area (Å²) in [4.78, 5) is 3.46. The third-order valence-electron chi connectivity index (χ3n) is 4.06. The summed E-state index contributed by atoms with van der Waals surface area (Å²) in [6.45, 7) is 0. The van der Waals surface area contributed by atoms with Gasteiger partial charge in [0.1, 0.15) is 0 Å². The van der Waals surface area contributed by atoms with Crippen LogP contribution in [0.3, 0.4) is 0 Å². The predicted octanol–water partition coefficient (Wildman–Crippen LogP) is 4.46. The van der Waals surface area contributed by atoms with Gasteiger partial charge in [0, 0.05) is 5.69 Å². The molecule has 1 heterocycles. The van der Waals surface area contributed by atoms with Crippen LogP contribution in [-0.2, 0) is 12.8 Å². The molecule has 1 aliphatic carbocycles. The molecule has 0 aliphatic heterocycles. The Balaban J connectivity index is 1.67. The van der Waals surface area contributed by atoms with Crippen LogP contribution in [0.5, 0.6) is 0 Å². The van der Waals surface area contributed by atoms with Crippen molar-refractivity contribution in [1.82, 2.24) is 4.98 Å². The Labute approximate surface area is 131 Å². The molecule has 1 aliphatic rings. The Morgan fingerprint density at radius 1 is 1.00 bits per heavy atom. The van der Waals surface area contributed by atoms with Crippen molar-refractivity contribution < 1.29 is 13.2 Å². The van der Waals surface area contributed by atoms with Gasteiger partial charge in [-0.3, -0.25) is 0 Å². The second kappa shape index (κ2) is 5.23. The zero-order chi connectivity index (χ0) is 16.0. The fourth-order valence-electron chi connectivity index (χ4n) is 3.01. The highest BCUT2D eigenvalue weighted by atomic mass is 19.2. The number of halogens is 3. The van der Waals surface area contributed by atoms with E-state index in [2.05, 4.69) is 23.2 Å². The number of hydrogen-bond acceptors (Lipinski definition) is 1. The summed E-state index contributed by atoms with van der Waals surface area (Å²) in [5, 5.41) is 0. The molecule has 1 aromatic heterocycles. The van der Waals surface area contributed by atoms with E-state index in [1.54, 1.807) is 0 Å². The van der Waals surface area contributed by atoms with E-state index < -0.39 is 17.6 Å². The van der Waals surface area contributed by atoms with Crippen molar-refractivity contribution in [3.05, 3.63) is 88.5 Å². The number of aromatic nitrogens is 1. The summed E-state index contributed by atoms with van der Waals surface area (Å²) in [5.41, 5.74) is 5.55. The van der Waals surface area contributed by atoms with Crippen LogP contribution in [0.4, 0.5) is 13.2 Å². The normalized spacial score (nSPS) is 12.1. The second-order valence-corrected chi connectivity index (χ2v) is 5.59. The minimum Gasteiger partial charge on any atom is -0.222 e. The van der Waals surface area contributed by atoms with Crippen LogP contribution in [0.25, 0.3) is 11.1 Å². The molecule has 4 heteroatoms. The Morgan fingerprint density at radius 3 is 2.65 bits per heavy atom. The van der Waals surface area contributed by atoms with E-state index >= 15 is 0 Å². The number of pyridine rings is 1. The highest BCUT2D eigenvalue weighted by Gasteiger charge is 2.13. The maximum atomic E-state index is 13.3. The lowest BCUT2D eigenvalue weighted by molar-refractivity contribution is 0.423. The van der Waals surface area contributed by atoms with E-state index in [4.69, 9.17) is 0 Å². The zero-order valence-corrected chi connectivity index (χ0v) is 12.0. The van der Waals surface area contributed by atoms with Gasteiger partial charge in [0.25, 0.3) is 5.95 Å². The Hall–Kier alpha value is -2.62. The van der Waals surface area contributed by atoms with Crippen molar-refractivity contribution in [3.63, 3.8) is 0 Å². The quantitative estimate of drug-likeness (QED) is 0.393. The summed E-state index contributed by atoms with van der Waals surface area (Å²) in [7, 11) is 0. The molecule has 2 aromatic carbocycles. The van der Waals surface area contributed by atoms with Gasteiger partial charge in [-0.15, -0.1) is 11.1 Å². The maximum absolute atomic E-state index is 13.3. The van der Waals surface area contributed by atoms with Crippen LogP contribution in [0.15, 0.2) is 42.5 Å². The second-order valence-electron chi connectivity index (χ2n) is 5.59. The molecule has 0 saturated heterocycles. The minimum absolute atomic E-state index is 0.146. The van der Waals surface area contributed by atoms with Gasteiger partial charge in [0.2, 0.25) is 5.82 Å². The van der Waals surface area contributed by atoms with Crippen molar-refractivity contribution in [3.8, 4) is 11.1 Å². The van der Waals surface area contributed by atoms with Gasteiger partial charge >= 0.3 is 0 Å². The Kier molecular flexibility index (Phi) is 3.18. The van der Waals surface area contributed by atoms with E-state index in [0.717, 1.165) is 29.2 Å². The zero-order valence-electron chi connectivity index (χ0n) is 12.0. The molecule has 0 bridgehead atoms. The topological polar surface area (TPSA) is 12.9 Å². The SMILES string of the molecule is Fc1cc(Cc2[c-]c3c(cc2)-c2ccccc2C3)nc(F)c1F. The average molecular weight is 310 g/mol. The Morgan fingerprint density at radius 2 is 1.83 bits per heavy atom. The third kappa shape index (κ3) is 2.40. The third-order valence-corrected chi connectivity index (χ3v) is 4.06. The number of hydrogen-bond donors (Lipinski definition) is 0. The molecule has 3 aromatic rings. The standard InChI is InChI=1S/C19H11F3N/c20-17-10-14(23-19(22)18(17)21)8-11-5-6-16-13(7-11)9-12-3-1-2-4-15(12)16/h1-6,10H,8-9H2/q-1. The van der Waals surface area contributed by atoms with Gasteiger partial charge in [-0.1, -0.05) is 35.4 Å². The lowest BCUT2D eigenvalue weighted by Crippen LogP contribution is -2.01. The van der Waals surface area contributed by atoms with Crippen molar-refractivity contribution in [1.29, 1.82) is 0 Å². The molecule has 0 fully saturated rings. The van der Waals surface area contributed by atoms with Gasteiger partial charge < -0.3 is 0 Å². The molecule has 0 atom stereocenters. The molecule has 0 saturated carbocycles. The minimum atomic E-state index is -1.54. The highest BCUT2D eigenvalue weighted by Crippen LogP contribution is 2.36. The van der Waals surface area contributed by atoms with Gasteiger partial charge in [0.05, 0.1) is 0 Å². The first kappa shape index (κ1) is 14.0. The molecular weight excluding hydrogens is 299 g/mol.